The van der Waals surface area contributed by atoms with E-state index in [9.17, 15) is 4.79 Å². The summed E-state index contributed by atoms with van der Waals surface area (Å²) in [5.41, 5.74) is 0. The predicted molar refractivity (Wildman–Crippen MR) is 79.7 cm³/mol. The zero-order valence-corrected chi connectivity index (χ0v) is 12.8. The summed E-state index contributed by atoms with van der Waals surface area (Å²) in [7, 11) is 1.84. The first kappa shape index (κ1) is 15.4. The van der Waals surface area contributed by atoms with Gasteiger partial charge in [0.05, 0.1) is 11.0 Å². The van der Waals surface area contributed by atoms with Gasteiger partial charge in [-0.25, -0.2) is 0 Å². The first-order chi connectivity index (χ1) is 8.43. The summed E-state index contributed by atoms with van der Waals surface area (Å²) in [6.45, 7) is 5.82. The zero-order chi connectivity index (χ0) is 13.7. The summed E-state index contributed by atoms with van der Waals surface area (Å²) in [4.78, 5) is 14.1. The zero-order valence-electron chi connectivity index (χ0n) is 12.0. The Morgan fingerprint density at radius 2 is 1.83 bits per heavy atom. The van der Waals surface area contributed by atoms with Crippen LogP contribution in [0.25, 0.3) is 0 Å². The van der Waals surface area contributed by atoms with Gasteiger partial charge in [-0.1, -0.05) is 45.3 Å². The fourth-order valence-electron chi connectivity index (χ4n) is 2.66. The molecule has 0 aromatic rings. The normalized spacial score (nSPS) is 18.5. The number of hydrogen-bond acceptors (Lipinski definition) is 2. The highest BCUT2D eigenvalue weighted by Crippen LogP contribution is 2.19. The van der Waals surface area contributed by atoms with Crippen molar-refractivity contribution in [2.24, 2.45) is 5.92 Å². The molecule has 0 saturated heterocycles. The molecule has 1 amide bonds. The Kier molecular flexibility index (Phi) is 6.06. The summed E-state index contributed by atoms with van der Waals surface area (Å²) in [6.07, 6.45) is 6.32. The largest absolute Gasteiger partial charge is 0.375 e. The van der Waals surface area contributed by atoms with Crippen molar-refractivity contribution in [3.63, 3.8) is 0 Å². The van der Waals surface area contributed by atoms with Crippen LogP contribution in [-0.2, 0) is 4.79 Å². The molecule has 0 heterocycles. The Hall–Kier alpha value is -0.640. The molecule has 1 aliphatic rings. The first-order valence-electron chi connectivity index (χ1n) is 6.97. The third-order valence-corrected chi connectivity index (χ3v) is 4.12. The quantitative estimate of drug-likeness (QED) is 0.797. The molecule has 1 rings (SSSR count). The lowest BCUT2D eigenvalue weighted by molar-refractivity contribution is -0.129. The lowest BCUT2D eigenvalue weighted by Gasteiger charge is -2.34. The fraction of sp³-hybridized carbons (Fsp3) is 0.857. The van der Waals surface area contributed by atoms with Gasteiger partial charge in [0.2, 0.25) is 5.91 Å². The average Bonchev–Trinajstić information content (AvgIpc) is 2.29. The van der Waals surface area contributed by atoms with Crippen molar-refractivity contribution in [3.8, 4) is 0 Å². The number of nitrogens with one attached hydrogen (secondary N) is 1. The Balaban J connectivity index is 2.61. The molecule has 1 aliphatic carbocycles. The van der Waals surface area contributed by atoms with Gasteiger partial charge in [0.25, 0.3) is 0 Å². The average molecular weight is 270 g/mol. The van der Waals surface area contributed by atoms with E-state index >= 15 is 0 Å². The number of thiocarbonyl (C=S) groups is 1. The topological polar surface area (TPSA) is 32.3 Å². The number of carbonyl (C=O) groups excluding carboxylic acids is 1. The molecule has 1 atom stereocenters. The van der Waals surface area contributed by atoms with Crippen LogP contribution in [0.4, 0.5) is 0 Å². The van der Waals surface area contributed by atoms with E-state index in [1.165, 1.54) is 32.1 Å². The maximum atomic E-state index is 11.5. The lowest BCUT2D eigenvalue weighted by atomic mass is 9.94. The molecule has 0 unspecified atom stereocenters. The molecule has 18 heavy (non-hydrogen) atoms. The Morgan fingerprint density at radius 3 is 2.28 bits per heavy atom. The van der Waals surface area contributed by atoms with Crippen molar-refractivity contribution >= 4 is 23.1 Å². The van der Waals surface area contributed by atoms with Crippen LogP contribution in [-0.4, -0.2) is 34.9 Å². The van der Waals surface area contributed by atoms with Crippen molar-refractivity contribution in [1.29, 1.82) is 0 Å². The van der Waals surface area contributed by atoms with Gasteiger partial charge in [-0.05, 0) is 18.8 Å². The Morgan fingerprint density at radius 1 is 1.28 bits per heavy atom. The molecule has 0 aliphatic heterocycles. The molecule has 0 aromatic carbocycles. The maximum absolute atomic E-state index is 11.5. The third-order valence-electron chi connectivity index (χ3n) is 3.77. The standard InChI is InChI=1S/C14H26N2OS/c1-10(2)13(16(4)11(3)17)14(18)15-12-8-6-5-7-9-12/h10,12-13H,5-9H2,1-4H3,(H,15,18)/t13-/m1/s1. The van der Waals surface area contributed by atoms with E-state index in [4.69, 9.17) is 12.2 Å². The van der Waals surface area contributed by atoms with E-state index in [1.807, 2.05) is 7.05 Å². The Bertz CT molecular complexity index is 298. The number of nitrogens with zero attached hydrogens (tertiary/aromatic N) is 1. The van der Waals surface area contributed by atoms with Crippen LogP contribution in [0, 0.1) is 5.92 Å². The summed E-state index contributed by atoms with van der Waals surface area (Å²) in [6, 6.07) is 0.521. The third kappa shape index (κ3) is 4.23. The molecule has 104 valence electrons. The van der Waals surface area contributed by atoms with Gasteiger partial charge in [0, 0.05) is 20.0 Å². The van der Waals surface area contributed by atoms with Crippen LogP contribution >= 0.6 is 12.2 Å². The molecule has 0 bridgehead atoms. The molecule has 1 saturated carbocycles. The van der Waals surface area contributed by atoms with E-state index < -0.39 is 0 Å². The number of likely N-dealkylation sites (N-methyl/N-ethyl adjacent to an activating group) is 1. The number of hydrogen-bond donors (Lipinski definition) is 1. The van der Waals surface area contributed by atoms with Crippen molar-refractivity contribution in [3.05, 3.63) is 0 Å². The molecule has 4 heteroatoms. The monoisotopic (exact) mass is 270 g/mol. The van der Waals surface area contributed by atoms with Crippen molar-refractivity contribution in [1.82, 2.24) is 10.2 Å². The van der Waals surface area contributed by atoms with Gasteiger partial charge < -0.3 is 10.2 Å². The highest BCUT2D eigenvalue weighted by molar-refractivity contribution is 7.80. The van der Waals surface area contributed by atoms with Crippen LogP contribution in [0.3, 0.4) is 0 Å². The first-order valence-corrected chi connectivity index (χ1v) is 7.38. The van der Waals surface area contributed by atoms with Gasteiger partial charge in [0.15, 0.2) is 0 Å². The molecule has 0 spiro atoms. The van der Waals surface area contributed by atoms with Crippen molar-refractivity contribution < 1.29 is 4.79 Å². The van der Waals surface area contributed by atoms with Gasteiger partial charge in [-0.3, -0.25) is 4.79 Å². The number of rotatable bonds is 4. The summed E-state index contributed by atoms with van der Waals surface area (Å²) in [5.74, 6) is 0.406. The van der Waals surface area contributed by atoms with E-state index in [1.54, 1.807) is 11.8 Å². The molecule has 0 aromatic heterocycles. The molecule has 0 radical (unpaired) electrons. The molecular weight excluding hydrogens is 244 g/mol. The minimum atomic E-state index is 0.0134. The van der Waals surface area contributed by atoms with Crippen LogP contribution in [0.1, 0.15) is 52.9 Å². The van der Waals surface area contributed by atoms with Crippen molar-refractivity contribution in [2.45, 2.75) is 65.0 Å². The summed E-state index contributed by atoms with van der Waals surface area (Å²) < 4.78 is 0. The molecule has 3 nitrogen and oxygen atoms in total. The van der Waals surface area contributed by atoms with Crippen LogP contribution in [0.15, 0.2) is 0 Å². The summed E-state index contributed by atoms with van der Waals surface area (Å²) in [5, 5.41) is 3.47. The second kappa shape index (κ2) is 7.07. The van der Waals surface area contributed by atoms with Gasteiger partial charge in [-0.2, -0.15) is 0 Å². The minimum Gasteiger partial charge on any atom is -0.375 e. The number of amides is 1. The van der Waals surface area contributed by atoms with E-state index in [0.717, 1.165) is 4.99 Å². The fourth-order valence-corrected chi connectivity index (χ4v) is 3.25. The molecule has 1 N–H and O–H groups in total. The second-order valence-corrected chi connectivity index (χ2v) is 6.10. The maximum Gasteiger partial charge on any atom is 0.219 e. The highest BCUT2D eigenvalue weighted by atomic mass is 32.1. The van der Waals surface area contributed by atoms with E-state index in [2.05, 4.69) is 19.2 Å². The van der Waals surface area contributed by atoms with Crippen LogP contribution < -0.4 is 5.32 Å². The lowest BCUT2D eigenvalue weighted by Crippen LogP contribution is -2.51. The van der Waals surface area contributed by atoms with Crippen LogP contribution in [0.2, 0.25) is 0 Å². The highest BCUT2D eigenvalue weighted by Gasteiger charge is 2.26. The summed E-state index contributed by atoms with van der Waals surface area (Å²) >= 11 is 5.52. The van der Waals surface area contributed by atoms with Crippen molar-refractivity contribution in [2.75, 3.05) is 7.05 Å². The minimum absolute atomic E-state index is 0.0134. The van der Waals surface area contributed by atoms with Gasteiger partial charge >= 0.3 is 0 Å². The SMILES string of the molecule is CC(=O)N(C)[C@@H](C(=S)NC1CCCCC1)C(C)C. The van der Waals surface area contributed by atoms with Crippen LogP contribution in [0.5, 0.6) is 0 Å². The number of carbonyl (C=O) groups is 1. The molecular formula is C14H26N2OS. The molecule has 1 fully saturated rings. The van der Waals surface area contributed by atoms with Gasteiger partial charge in [0.1, 0.15) is 0 Å². The predicted octanol–water partition coefficient (Wildman–Crippen LogP) is 2.74. The van der Waals surface area contributed by atoms with Gasteiger partial charge in [-0.15, -0.1) is 0 Å². The Labute approximate surface area is 116 Å². The smallest absolute Gasteiger partial charge is 0.219 e. The van der Waals surface area contributed by atoms with E-state index in [0.29, 0.717) is 12.0 Å². The van der Waals surface area contributed by atoms with E-state index in [-0.39, 0.29) is 11.9 Å². The second-order valence-electron chi connectivity index (χ2n) is 5.66.